The van der Waals surface area contributed by atoms with Gasteiger partial charge in [0.25, 0.3) is 6.01 Å². The first-order chi connectivity index (χ1) is 7.90. The average Bonchev–Trinajstić information content (AvgIpc) is 2.60. The third kappa shape index (κ3) is 2.19. The van der Waals surface area contributed by atoms with Crippen molar-refractivity contribution in [1.82, 2.24) is 4.98 Å². The first kappa shape index (κ1) is 11.7. The van der Waals surface area contributed by atoms with E-state index >= 15 is 0 Å². The topological polar surface area (TPSA) is 84.3 Å². The lowest BCUT2D eigenvalue weighted by Gasteiger charge is -2.28. The van der Waals surface area contributed by atoms with Gasteiger partial charge in [0.15, 0.2) is 5.58 Å². The van der Waals surface area contributed by atoms with Crippen LogP contribution in [0.15, 0.2) is 22.6 Å². The van der Waals surface area contributed by atoms with E-state index in [1.807, 2.05) is 19.9 Å². The van der Waals surface area contributed by atoms with Crippen LogP contribution in [0.4, 0.5) is 11.7 Å². The lowest BCUT2D eigenvalue weighted by Crippen LogP contribution is -2.41. The summed E-state index contributed by atoms with van der Waals surface area (Å²) in [6.07, 6.45) is -0.533. The van der Waals surface area contributed by atoms with Crippen LogP contribution in [0.3, 0.4) is 0 Å². The van der Waals surface area contributed by atoms with Gasteiger partial charge in [0.1, 0.15) is 5.52 Å². The molecule has 1 aromatic heterocycles. The smallest absolute Gasteiger partial charge is 0.296 e. The van der Waals surface area contributed by atoms with E-state index in [4.69, 9.17) is 10.2 Å². The molecule has 2 rings (SSSR count). The van der Waals surface area contributed by atoms with Crippen LogP contribution < -0.4 is 11.1 Å². The molecule has 5 heteroatoms. The predicted octanol–water partition coefficient (Wildman–Crippen LogP) is 1.98. The lowest BCUT2D eigenvalue weighted by atomic mass is 9.99. The van der Waals surface area contributed by atoms with Gasteiger partial charge in [0.2, 0.25) is 0 Å². The van der Waals surface area contributed by atoms with Crippen LogP contribution in [0.25, 0.3) is 11.1 Å². The van der Waals surface area contributed by atoms with Crippen molar-refractivity contribution in [3.63, 3.8) is 0 Å². The maximum Gasteiger partial charge on any atom is 0.296 e. The molecule has 17 heavy (non-hydrogen) atoms. The van der Waals surface area contributed by atoms with Crippen molar-refractivity contribution in [2.75, 3.05) is 11.1 Å². The summed E-state index contributed by atoms with van der Waals surface area (Å²) in [4.78, 5) is 4.27. The standard InChI is InChI=1S/C12H17N3O2/c1-7(16)12(2,3)15-11-14-10-8(13)5-4-6-9(10)17-11/h4-7,16H,13H2,1-3H3,(H,14,15). The summed E-state index contributed by atoms with van der Waals surface area (Å²) < 4.78 is 5.52. The molecule has 1 atom stereocenters. The molecule has 0 fully saturated rings. The van der Waals surface area contributed by atoms with Crippen LogP contribution in [0, 0.1) is 0 Å². The highest BCUT2D eigenvalue weighted by molar-refractivity contribution is 5.86. The number of benzene rings is 1. The summed E-state index contributed by atoms with van der Waals surface area (Å²) in [5, 5.41) is 12.7. The number of nitrogens with two attached hydrogens (primary N) is 1. The van der Waals surface area contributed by atoms with E-state index in [9.17, 15) is 5.11 Å². The van der Waals surface area contributed by atoms with E-state index in [0.717, 1.165) is 0 Å². The Kier molecular flexibility index (Phi) is 2.71. The van der Waals surface area contributed by atoms with Gasteiger partial charge in [-0.25, -0.2) is 0 Å². The second-order valence-corrected chi connectivity index (χ2v) is 4.74. The third-order valence-corrected chi connectivity index (χ3v) is 2.92. The van der Waals surface area contributed by atoms with Crippen LogP contribution in [-0.2, 0) is 0 Å². The lowest BCUT2D eigenvalue weighted by molar-refractivity contribution is 0.131. The van der Waals surface area contributed by atoms with Crippen LogP contribution in [-0.4, -0.2) is 21.7 Å². The Morgan fingerprint density at radius 3 is 2.76 bits per heavy atom. The molecule has 92 valence electrons. The van der Waals surface area contributed by atoms with Crippen molar-refractivity contribution in [2.45, 2.75) is 32.4 Å². The first-order valence-electron chi connectivity index (χ1n) is 5.51. The molecule has 0 saturated carbocycles. The Bertz CT molecular complexity index is 532. The molecule has 0 spiro atoms. The van der Waals surface area contributed by atoms with Crippen molar-refractivity contribution in [3.8, 4) is 0 Å². The van der Waals surface area contributed by atoms with Gasteiger partial charge in [-0.3, -0.25) is 0 Å². The Morgan fingerprint density at radius 1 is 1.47 bits per heavy atom. The van der Waals surface area contributed by atoms with E-state index in [0.29, 0.717) is 22.8 Å². The number of hydrogen-bond acceptors (Lipinski definition) is 5. The molecular weight excluding hydrogens is 218 g/mol. The van der Waals surface area contributed by atoms with E-state index in [2.05, 4.69) is 10.3 Å². The SMILES string of the molecule is CC(O)C(C)(C)Nc1nc2c(N)cccc2o1. The zero-order chi connectivity index (χ0) is 12.6. The molecule has 0 radical (unpaired) electrons. The second-order valence-electron chi connectivity index (χ2n) is 4.74. The maximum absolute atomic E-state index is 9.61. The highest BCUT2D eigenvalue weighted by atomic mass is 16.4. The van der Waals surface area contributed by atoms with Gasteiger partial charge in [0.05, 0.1) is 17.3 Å². The van der Waals surface area contributed by atoms with Crippen molar-refractivity contribution >= 4 is 22.8 Å². The van der Waals surface area contributed by atoms with Crippen LogP contribution in [0.1, 0.15) is 20.8 Å². The number of anilines is 2. The molecule has 1 aromatic carbocycles. The predicted molar refractivity (Wildman–Crippen MR) is 67.8 cm³/mol. The number of oxazole rings is 1. The Hall–Kier alpha value is -1.75. The molecule has 0 aliphatic rings. The van der Waals surface area contributed by atoms with Crippen molar-refractivity contribution in [1.29, 1.82) is 0 Å². The van der Waals surface area contributed by atoms with Crippen molar-refractivity contribution in [3.05, 3.63) is 18.2 Å². The Balaban J connectivity index is 2.35. The number of para-hydroxylation sites is 1. The summed E-state index contributed by atoms with van der Waals surface area (Å²) in [6, 6.07) is 5.75. The molecular formula is C12H17N3O2. The third-order valence-electron chi connectivity index (χ3n) is 2.92. The minimum atomic E-state index is -0.533. The fourth-order valence-corrected chi connectivity index (χ4v) is 1.40. The number of aliphatic hydroxyl groups excluding tert-OH is 1. The molecule has 2 aromatic rings. The quantitative estimate of drug-likeness (QED) is 0.708. The molecule has 0 bridgehead atoms. The number of hydrogen-bond donors (Lipinski definition) is 3. The number of fused-ring (bicyclic) bond motifs is 1. The number of aromatic nitrogens is 1. The second kappa shape index (κ2) is 3.92. The fraction of sp³-hybridized carbons (Fsp3) is 0.417. The molecule has 4 N–H and O–H groups in total. The maximum atomic E-state index is 9.61. The summed E-state index contributed by atoms with van der Waals surface area (Å²) in [6.45, 7) is 5.45. The van der Waals surface area contributed by atoms with E-state index < -0.39 is 11.6 Å². The normalized spacial score (nSPS) is 13.9. The van der Waals surface area contributed by atoms with Gasteiger partial charge in [-0.05, 0) is 32.9 Å². The fourth-order valence-electron chi connectivity index (χ4n) is 1.40. The van der Waals surface area contributed by atoms with Gasteiger partial charge in [-0.2, -0.15) is 4.98 Å². The number of nitrogens with zero attached hydrogens (tertiary/aromatic N) is 1. The highest BCUT2D eigenvalue weighted by Crippen LogP contribution is 2.26. The molecule has 0 amide bonds. The van der Waals surface area contributed by atoms with Gasteiger partial charge in [0, 0.05) is 0 Å². The Labute approximate surface area is 99.6 Å². The zero-order valence-electron chi connectivity index (χ0n) is 10.2. The molecule has 0 aliphatic carbocycles. The number of nitrogen functional groups attached to an aromatic ring is 1. The molecule has 0 saturated heterocycles. The minimum Gasteiger partial charge on any atom is -0.423 e. The van der Waals surface area contributed by atoms with Gasteiger partial charge >= 0.3 is 0 Å². The van der Waals surface area contributed by atoms with Crippen molar-refractivity contribution in [2.24, 2.45) is 0 Å². The average molecular weight is 235 g/mol. The van der Waals surface area contributed by atoms with Crippen LogP contribution in [0.5, 0.6) is 0 Å². The van der Waals surface area contributed by atoms with Gasteiger partial charge in [-0.15, -0.1) is 0 Å². The van der Waals surface area contributed by atoms with Crippen LogP contribution >= 0.6 is 0 Å². The molecule has 5 nitrogen and oxygen atoms in total. The summed E-state index contributed by atoms with van der Waals surface area (Å²) in [5.74, 6) is 0. The molecule has 0 aliphatic heterocycles. The minimum absolute atomic E-state index is 0.365. The summed E-state index contributed by atoms with van der Waals surface area (Å²) in [7, 11) is 0. The Morgan fingerprint density at radius 2 is 2.18 bits per heavy atom. The first-order valence-corrected chi connectivity index (χ1v) is 5.51. The van der Waals surface area contributed by atoms with E-state index in [1.165, 1.54) is 0 Å². The summed E-state index contributed by atoms with van der Waals surface area (Å²) in [5.41, 5.74) is 7.12. The summed E-state index contributed by atoms with van der Waals surface area (Å²) >= 11 is 0. The van der Waals surface area contributed by atoms with E-state index in [1.54, 1.807) is 19.1 Å². The largest absolute Gasteiger partial charge is 0.423 e. The number of rotatable bonds is 3. The molecule has 1 unspecified atom stereocenters. The highest BCUT2D eigenvalue weighted by Gasteiger charge is 2.25. The zero-order valence-corrected chi connectivity index (χ0v) is 10.2. The van der Waals surface area contributed by atoms with E-state index in [-0.39, 0.29) is 0 Å². The number of aliphatic hydroxyl groups is 1. The van der Waals surface area contributed by atoms with Gasteiger partial charge in [-0.1, -0.05) is 6.07 Å². The van der Waals surface area contributed by atoms with Crippen LogP contribution in [0.2, 0.25) is 0 Å². The van der Waals surface area contributed by atoms with Gasteiger partial charge < -0.3 is 20.6 Å². The number of nitrogens with one attached hydrogen (secondary N) is 1. The monoisotopic (exact) mass is 235 g/mol. The molecule has 1 heterocycles. The van der Waals surface area contributed by atoms with Crippen molar-refractivity contribution < 1.29 is 9.52 Å².